The van der Waals surface area contributed by atoms with Crippen LogP contribution in [-0.4, -0.2) is 43.0 Å². The Balaban J connectivity index is 2.38. The number of nitrogens with two attached hydrogens (primary N) is 1. The van der Waals surface area contributed by atoms with Crippen LogP contribution in [0.3, 0.4) is 0 Å². The monoisotopic (exact) mass is 317 g/mol. The van der Waals surface area contributed by atoms with Crippen LogP contribution in [0.15, 0.2) is 49.1 Å². The van der Waals surface area contributed by atoms with E-state index in [1.165, 1.54) is 0 Å². The second-order valence-electron chi connectivity index (χ2n) is 5.86. The third-order valence-electron chi connectivity index (χ3n) is 4.07. The lowest BCUT2D eigenvalue weighted by Gasteiger charge is -2.25. The maximum absolute atomic E-state index is 5.34. The van der Waals surface area contributed by atoms with Crippen LogP contribution < -0.4 is 10.7 Å². The van der Waals surface area contributed by atoms with Crippen molar-refractivity contribution in [3.05, 3.63) is 54.6 Å². The normalized spacial score (nSPS) is 11.0. The van der Waals surface area contributed by atoms with Crippen molar-refractivity contribution < 1.29 is 4.84 Å². The van der Waals surface area contributed by atoms with Crippen LogP contribution in [0.25, 0.3) is 0 Å². The van der Waals surface area contributed by atoms with Crippen LogP contribution in [0.4, 0.5) is 0 Å². The standard InChI is InChI=1S/C19H31N3O/c1-5-17(3)10-9-13-21(4)14-15-22(6-2)16-18-11-7-8-12-19(18)23-20/h5,7-8,11-12H,1,3,6,9-10,13-16,20H2,2,4H3. The quantitative estimate of drug-likeness (QED) is 0.475. The first-order valence-corrected chi connectivity index (χ1v) is 8.26. The summed E-state index contributed by atoms with van der Waals surface area (Å²) in [5, 5.41) is 0. The molecule has 0 aliphatic carbocycles. The van der Waals surface area contributed by atoms with Crippen LogP contribution in [0.5, 0.6) is 5.75 Å². The Bertz CT molecular complexity index is 487. The highest BCUT2D eigenvalue weighted by Crippen LogP contribution is 2.18. The van der Waals surface area contributed by atoms with E-state index in [-0.39, 0.29) is 0 Å². The summed E-state index contributed by atoms with van der Waals surface area (Å²) in [6, 6.07) is 7.92. The van der Waals surface area contributed by atoms with Gasteiger partial charge in [-0.25, -0.2) is 0 Å². The molecule has 0 bridgehead atoms. The van der Waals surface area contributed by atoms with Crippen LogP contribution in [-0.2, 0) is 6.54 Å². The summed E-state index contributed by atoms with van der Waals surface area (Å²) >= 11 is 0. The maximum Gasteiger partial charge on any atom is 0.151 e. The molecular weight excluding hydrogens is 286 g/mol. The molecule has 0 aromatic heterocycles. The number of rotatable bonds is 12. The summed E-state index contributed by atoms with van der Waals surface area (Å²) in [4.78, 5) is 9.71. The fourth-order valence-electron chi connectivity index (χ4n) is 2.44. The van der Waals surface area contributed by atoms with E-state index in [0.717, 1.165) is 62.5 Å². The van der Waals surface area contributed by atoms with E-state index in [9.17, 15) is 0 Å². The molecular formula is C19H31N3O. The molecule has 2 N–H and O–H groups in total. The molecule has 4 nitrogen and oxygen atoms in total. The summed E-state index contributed by atoms with van der Waals surface area (Å²) < 4.78 is 0. The number of allylic oxidation sites excluding steroid dienone is 2. The van der Waals surface area contributed by atoms with Gasteiger partial charge < -0.3 is 9.74 Å². The summed E-state index contributed by atoms with van der Waals surface area (Å²) in [6.45, 7) is 14.9. The second-order valence-corrected chi connectivity index (χ2v) is 5.86. The van der Waals surface area contributed by atoms with Gasteiger partial charge in [0, 0.05) is 25.2 Å². The first kappa shape index (κ1) is 19.4. The van der Waals surface area contributed by atoms with Crippen LogP contribution >= 0.6 is 0 Å². The average Bonchev–Trinajstić information content (AvgIpc) is 2.58. The van der Waals surface area contributed by atoms with E-state index in [1.807, 2.05) is 24.3 Å². The predicted octanol–water partition coefficient (Wildman–Crippen LogP) is 3.22. The highest BCUT2D eigenvalue weighted by molar-refractivity contribution is 5.32. The van der Waals surface area contributed by atoms with E-state index in [0.29, 0.717) is 0 Å². The van der Waals surface area contributed by atoms with E-state index in [2.05, 4.69) is 43.0 Å². The molecule has 4 heteroatoms. The molecule has 0 aliphatic heterocycles. The number of hydrogen-bond donors (Lipinski definition) is 1. The van der Waals surface area contributed by atoms with Crippen molar-refractivity contribution >= 4 is 0 Å². The van der Waals surface area contributed by atoms with Gasteiger partial charge in [-0.15, -0.1) is 0 Å². The number of para-hydroxylation sites is 1. The second kappa shape index (κ2) is 11.0. The number of hydrogen-bond acceptors (Lipinski definition) is 4. The van der Waals surface area contributed by atoms with Gasteiger partial charge in [-0.3, -0.25) is 4.90 Å². The molecule has 0 heterocycles. The summed E-state index contributed by atoms with van der Waals surface area (Å²) in [5.41, 5.74) is 2.24. The fraction of sp³-hybridized carbons (Fsp3) is 0.474. The molecule has 1 aromatic rings. The molecule has 0 spiro atoms. The number of nitrogens with zero attached hydrogens (tertiary/aromatic N) is 2. The molecule has 0 fully saturated rings. The van der Waals surface area contributed by atoms with Gasteiger partial charge in [0.1, 0.15) is 0 Å². The van der Waals surface area contributed by atoms with Crippen molar-refractivity contribution in [1.82, 2.24) is 9.80 Å². The zero-order valence-corrected chi connectivity index (χ0v) is 14.6. The van der Waals surface area contributed by atoms with Gasteiger partial charge in [-0.1, -0.05) is 49.9 Å². The number of likely N-dealkylation sites (N-methyl/N-ethyl adjacent to an activating group) is 2. The van der Waals surface area contributed by atoms with Gasteiger partial charge in [0.15, 0.2) is 5.75 Å². The zero-order valence-electron chi connectivity index (χ0n) is 14.6. The van der Waals surface area contributed by atoms with Crippen molar-refractivity contribution in [2.45, 2.75) is 26.3 Å². The lowest BCUT2D eigenvalue weighted by atomic mass is 10.1. The SMILES string of the molecule is C=CC(=C)CCCN(C)CCN(CC)Cc1ccccc1ON. The minimum atomic E-state index is 0.752. The Labute approximate surface area is 141 Å². The summed E-state index contributed by atoms with van der Waals surface area (Å²) in [7, 11) is 2.17. The third kappa shape index (κ3) is 7.46. The molecule has 0 saturated carbocycles. The summed E-state index contributed by atoms with van der Waals surface area (Å²) in [6.07, 6.45) is 3.99. The van der Waals surface area contributed by atoms with Crippen molar-refractivity contribution in [1.29, 1.82) is 0 Å². The van der Waals surface area contributed by atoms with Gasteiger partial charge in [-0.2, -0.15) is 5.90 Å². The Hall–Kier alpha value is -1.62. The van der Waals surface area contributed by atoms with E-state index in [1.54, 1.807) is 0 Å². The van der Waals surface area contributed by atoms with Gasteiger partial charge in [-0.05, 0) is 39.0 Å². The molecule has 0 atom stereocenters. The topological polar surface area (TPSA) is 41.7 Å². The van der Waals surface area contributed by atoms with Crippen LogP contribution in [0.2, 0.25) is 0 Å². The first-order chi connectivity index (χ1) is 11.1. The van der Waals surface area contributed by atoms with Crippen LogP contribution in [0, 0.1) is 0 Å². The van der Waals surface area contributed by atoms with Gasteiger partial charge >= 0.3 is 0 Å². The van der Waals surface area contributed by atoms with Gasteiger partial charge in [0.2, 0.25) is 0 Å². The highest BCUT2D eigenvalue weighted by Gasteiger charge is 2.09. The van der Waals surface area contributed by atoms with Crippen molar-refractivity contribution in [3.8, 4) is 5.75 Å². The fourth-order valence-corrected chi connectivity index (χ4v) is 2.44. The molecule has 1 rings (SSSR count). The lowest BCUT2D eigenvalue weighted by Crippen LogP contribution is -2.33. The molecule has 0 saturated heterocycles. The minimum absolute atomic E-state index is 0.752. The van der Waals surface area contributed by atoms with E-state index in [4.69, 9.17) is 10.7 Å². The molecule has 0 aliphatic rings. The first-order valence-electron chi connectivity index (χ1n) is 8.26. The summed E-state index contributed by atoms with van der Waals surface area (Å²) in [5.74, 6) is 6.09. The minimum Gasteiger partial charge on any atom is -0.411 e. The zero-order chi connectivity index (χ0) is 17.1. The Morgan fingerprint density at radius 2 is 2.00 bits per heavy atom. The van der Waals surface area contributed by atoms with Crippen LogP contribution in [0.1, 0.15) is 25.3 Å². The molecule has 23 heavy (non-hydrogen) atoms. The number of benzene rings is 1. The maximum atomic E-state index is 5.34. The predicted molar refractivity (Wildman–Crippen MR) is 98.3 cm³/mol. The highest BCUT2D eigenvalue weighted by atomic mass is 16.6. The largest absolute Gasteiger partial charge is 0.411 e. The van der Waals surface area contributed by atoms with Crippen molar-refractivity contribution in [2.24, 2.45) is 5.90 Å². The van der Waals surface area contributed by atoms with Crippen molar-refractivity contribution in [2.75, 3.05) is 33.2 Å². The van der Waals surface area contributed by atoms with Gasteiger partial charge in [0.05, 0.1) is 0 Å². The van der Waals surface area contributed by atoms with Gasteiger partial charge in [0.25, 0.3) is 0 Å². The third-order valence-corrected chi connectivity index (χ3v) is 4.07. The Morgan fingerprint density at radius 1 is 1.26 bits per heavy atom. The van der Waals surface area contributed by atoms with Crippen molar-refractivity contribution in [3.63, 3.8) is 0 Å². The molecule has 128 valence electrons. The smallest absolute Gasteiger partial charge is 0.151 e. The Kier molecular flexibility index (Phi) is 9.29. The van der Waals surface area contributed by atoms with E-state index >= 15 is 0 Å². The molecule has 1 aromatic carbocycles. The van der Waals surface area contributed by atoms with E-state index < -0.39 is 0 Å². The molecule has 0 radical (unpaired) electrons. The lowest BCUT2D eigenvalue weighted by molar-refractivity contribution is 0.222. The Morgan fingerprint density at radius 3 is 2.65 bits per heavy atom. The average molecular weight is 317 g/mol. The molecule has 0 amide bonds. The molecule has 0 unspecified atom stereocenters.